The van der Waals surface area contributed by atoms with Crippen molar-refractivity contribution in [2.75, 3.05) is 11.1 Å². The quantitative estimate of drug-likeness (QED) is 0.367. The minimum atomic E-state index is -0.234. The number of fused-ring (bicyclic) bond motifs is 1. The Morgan fingerprint density at radius 3 is 2.40 bits per heavy atom. The molecule has 4 rings (SSSR count). The molecule has 0 atom stereocenters. The molecule has 0 saturated heterocycles. The van der Waals surface area contributed by atoms with Gasteiger partial charge in [-0.15, -0.1) is 11.8 Å². The number of carbonyl (C=O) groups excluding carboxylic acids is 1. The van der Waals surface area contributed by atoms with Crippen LogP contribution in [0.25, 0.3) is 10.9 Å². The third-order valence-electron chi connectivity index (χ3n) is 5.02. The van der Waals surface area contributed by atoms with Gasteiger partial charge >= 0.3 is 0 Å². The Bertz CT molecular complexity index is 1150. The Morgan fingerprint density at radius 2 is 1.67 bits per heavy atom. The van der Waals surface area contributed by atoms with E-state index in [4.69, 9.17) is 0 Å². The molecule has 0 aliphatic rings. The molecule has 0 spiro atoms. The summed E-state index contributed by atoms with van der Waals surface area (Å²) in [5, 5.41) is 4.08. The lowest BCUT2D eigenvalue weighted by molar-refractivity contribution is -0.113. The van der Waals surface area contributed by atoms with Gasteiger partial charge in [-0.25, -0.2) is 4.39 Å². The number of nitrogens with zero attached hydrogens (tertiary/aromatic N) is 1. The van der Waals surface area contributed by atoms with Crippen LogP contribution in [0, 0.1) is 5.82 Å². The zero-order valence-corrected chi connectivity index (χ0v) is 17.6. The first kappa shape index (κ1) is 20.2. The Labute approximate surface area is 179 Å². The molecule has 152 valence electrons. The summed E-state index contributed by atoms with van der Waals surface area (Å²) in [5.74, 6) is 0.0717. The highest BCUT2D eigenvalue weighted by atomic mass is 32.2. The van der Waals surface area contributed by atoms with Crippen molar-refractivity contribution in [3.63, 3.8) is 0 Å². The van der Waals surface area contributed by atoms with Gasteiger partial charge in [0, 0.05) is 34.2 Å². The van der Waals surface area contributed by atoms with Crippen molar-refractivity contribution in [1.29, 1.82) is 0 Å². The average Bonchev–Trinajstić information content (AvgIpc) is 3.12. The molecule has 0 bridgehead atoms. The van der Waals surface area contributed by atoms with E-state index < -0.39 is 0 Å². The van der Waals surface area contributed by atoms with E-state index in [2.05, 4.69) is 35.1 Å². The SMILES string of the molecule is CCc1ccc(NC(=O)CSc2cn(Cc3ccc(F)cc3)c3ccccc23)cc1. The normalized spacial score (nSPS) is 11.0. The number of anilines is 1. The highest BCUT2D eigenvalue weighted by Gasteiger charge is 2.11. The van der Waals surface area contributed by atoms with Crippen molar-refractivity contribution >= 4 is 34.3 Å². The standard InChI is InChI=1S/C25H23FN2OS/c1-2-18-9-13-21(14-10-18)27-25(29)17-30-24-16-28(23-6-4-3-5-22(23)24)15-19-7-11-20(26)12-8-19/h3-14,16H,2,15,17H2,1H3,(H,27,29). The smallest absolute Gasteiger partial charge is 0.234 e. The van der Waals surface area contributed by atoms with Gasteiger partial charge in [0.05, 0.1) is 5.75 Å². The number of halogens is 1. The van der Waals surface area contributed by atoms with Crippen molar-refractivity contribution in [1.82, 2.24) is 4.57 Å². The van der Waals surface area contributed by atoms with Crippen LogP contribution < -0.4 is 5.32 Å². The third kappa shape index (κ3) is 4.74. The number of rotatable bonds is 7. The second kappa shape index (κ2) is 9.18. The van der Waals surface area contributed by atoms with E-state index in [1.165, 1.54) is 29.5 Å². The van der Waals surface area contributed by atoms with Gasteiger partial charge in [-0.05, 0) is 47.9 Å². The fourth-order valence-corrected chi connectivity index (χ4v) is 4.30. The maximum atomic E-state index is 13.2. The van der Waals surface area contributed by atoms with Gasteiger partial charge in [-0.2, -0.15) is 0 Å². The first-order valence-corrected chi connectivity index (χ1v) is 10.9. The van der Waals surface area contributed by atoms with Gasteiger partial charge in [-0.3, -0.25) is 4.79 Å². The first-order valence-electron chi connectivity index (χ1n) is 9.96. The van der Waals surface area contributed by atoms with Crippen LogP contribution in [0.1, 0.15) is 18.1 Å². The number of hydrogen-bond acceptors (Lipinski definition) is 2. The average molecular weight is 419 g/mol. The predicted octanol–water partition coefficient (Wildman–Crippen LogP) is 6.12. The van der Waals surface area contributed by atoms with Crippen molar-refractivity contribution in [2.24, 2.45) is 0 Å². The van der Waals surface area contributed by atoms with Crippen LogP contribution >= 0.6 is 11.8 Å². The topological polar surface area (TPSA) is 34.0 Å². The lowest BCUT2D eigenvalue weighted by atomic mass is 10.1. The van der Waals surface area contributed by atoms with Crippen molar-refractivity contribution in [3.05, 3.63) is 95.9 Å². The molecule has 1 aromatic heterocycles. The highest BCUT2D eigenvalue weighted by Crippen LogP contribution is 2.30. The largest absolute Gasteiger partial charge is 0.342 e. The number of benzene rings is 3. The second-order valence-corrected chi connectivity index (χ2v) is 8.17. The van der Waals surface area contributed by atoms with Crippen molar-refractivity contribution < 1.29 is 9.18 Å². The molecule has 0 unspecified atom stereocenters. The zero-order valence-electron chi connectivity index (χ0n) is 16.8. The van der Waals surface area contributed by atoms with E-state index in [1.807, 2.05) is 36.4 Å². The molecule has 1 amide bonds. The van der Waals surface area contributed by atoms with Gasteiger partial charge in [0.1, 0.15) is 5.82 Å². The minimum absolute atomic E-state index is 0.0281. The lowest BCUT2D eigenvalue weighted by Gasteiger charge is -2.06. The maximum absolute atomic E-state index is 13.2. The van der Waals surface area contributed by atoms with Crippen LogP contribution in [0.4, 0.5) is 10.1 Å². The number of hydrogen-bond donors (Lipinski definition) is 1. The van der Waals surface area contributed by atoms with E-state index in [1.54, 1.807) is 12.1 Å². The molecule has 4 aromatic rings. The van der Waals surface area contributed by atoms with Crippen LogP contribution in [-0.2, 0) is 17.8 Å². The minimum Gasteiger partial charge on any atom is -0.342 e. The number of thioether (sulfide) groups is 1. The maximum Gasteiger partial charge on any atom is 0.234 e. The molecule has 0 aliphatic heterocycles. The summed E-state index contributed by atoms with van der Waals surface area (Å²) in [7, 11) is 0. The number of amides is 1. The Morgan fingerprint density at radius 1 is 0.967 bits per heavy atom. The molecular weight excluding hydrogens is 395 g/mol. The van der Waals surface area contributed by atoms with E-state index in [9.17, 15) is 9.18 Å². The number of carbonyl (C=O) groups is 1. The molecule has 0 fully saturated rings. The Hall–Kier alpha value is -3.05. The molecular formula is C25H23FN2OS. The van der Waals surface area contributed by atoms with Crippen LogP contribution in [0.2, 0.25) is 0 Å². The van der Waals surface area contributed by atoms with E-state index in [0.717, 1.165) is 33.5 Å². The fourth-order valence-electron chi connectivity index (χ4n) is 3.41. The molecule has 0 aliphatic carbocycles. The molecule has 1 heterocycles. The number of aryl methyl sites for hydroxylation is 1. The van der Waals surface area contributed by atoms with Gasteiger partial charge in [0.15, 0.2) is 0 Å². The summed E-state index contributed by atoms with van der Waals surface area (Å²) < 4.78 is 15.3. The van der Waals surface area contributed by atoms with Gasteiger partial charge < -0.3 is 9.88 Å². The predicted molar refractivity (Wildman–Crippen MR) is 123 cm³/mol. The Kier molecular flexibility index (Phi) is 6.19. The van der Waals surface area contributed by atoms with Crippen molar-refractivity contribution in [3.8, 4) is 0 Å². The molecule has 5 heteroatoms. The lowest BCUT2D eigenvalue weighted by Crippen LogP contribution is -2.13. The summed E-state index contributed by atoms with van der Waals surface area (Å²) in [6.07, 6.45) is 3.05. The monoisotopic (exact) mass is 418 g/mol. The van der Waals surface area contributed by atoms with Crippen LogP contribution in [-0.4, -0.2) is 16.2 Å². The molecule has 0 saturated carbocycles. The molecule has 30 heavy (non-hydrogen) atoms. The molecule has 1 N–H and O–H groups in total. The van der Waals surface area contributed by atoms with Crippen LogP contribution in [0.5, 0.6) is 0 Å². The fraction of sp³-hybridized carbons (Fsp3) is 0.160. The van der Waals surface area contributed by atoms with Crippen LogP contribution in [0.3, 0.4) is 0 Å². The summed E-state index contributed by atoms with van der Waals surface area (Å²) in [4.78, 5) is 13.5. The van der Waals surface area contributed by atoms with Crippen LogP contribution in [0.15, 0.2) is 83.9 Å². The van der Waals surface area contributed by atoms with E-state index in [-0.39, 0.29) is 11.7 Å². The molecule has 3 aromatic carbocycles. The van der Waals surface area contributed by atoms with Gasteiger partial charge in [-0.1, -0.05) is 49.4 Å². The zero-order chi connectivity index (χ0) is 20.9. The van der Waals surface area contributed by atoms with Crippen molar-refractivity contribution in [2.45, 2.75) is 24.8 Å². The first-order chi connectivity index (χ1) is 14.6. The summed E-state index contributed by atoms with van der Waals surface area (Å²) in [6.45, 7) is 2.76. The second-order valence-electron chi connectivity index (χ2n) is 7.15. The highest BCUT2D eigenvalue weighted by molar-refractivity contribution is 8.00. The summed E-state index contributed by atoms with van der Waals surface area (Å²) >= 11 is 1.53. The van der Waals surface area contributed by atoms with E-state index in [0.29, 0.717) is 12.3 Å². The number of aromatic nitrogens is 1. The molecule has 3 nitrogen and oxygen atoms in total. The number of nitrogens with one attached hydrogen (secondary N) is 1. The van der Waals surface area contributed by atoms with Gasteiger partial charge in [0.2, 0.25) is 5.91 Å². The molecule has 0 radical (unpaired) electrons. The summed E-state index contributed by atoms with van der Waals surface area (Å²) in [6, 6.07) is 22.7. The summed E-state index contributed by atoms with van der Waals surface area (Å²) in [5.41, 5.74) is 4.19. The third-order valence-corrected chi connectivity index (χ3v) is 6.07. The number of para-hydroxylation sites is 1. The Balaban J connectivity index is 1.47. The van der Waals surface area contributed by atoms with Gasteiger partial charge in [0.25, 0.3) is 0 Å². The van der Waals surface area contributed by atoms with E-state index >= 15 is 0 Å².